The van der Waals surface area contributed by atoms with Crippen molar-refractivity contribution in [2.45, 2.75) is 102 Å². The summed E-state index contributed by atoms with van der Waals surface area (Å²) >= 11 is 1.88. The van der Waals surface area contributed by atoms with Gasteiger partial charge in [0.05, 0.1) is 6.61 Å². The van der Waals surface area contributed by atoms with Gasteiger partial charge in [0.25, 0.3) is 0 Å². The molecule has 4 aromatic carbocycles. The van der Waals surface area contributed by atoms with Crippen molar-refractivity contribution in [1.82, 2.24) is 0 Å². The van der Waals surface area contributed by atoms with Gasteiger partial charge in [0.1, 0.15) is 5.75 Å². The third-order valence-corrected chi connectivity index (χ3v) is 5.41. The fraction of sp³-hybridized carbons (Fsp3) is 0.415. The second-order valence-corrected chi connectivity index (χ2v) is 8.57. The number of aryl methyl sites for hydroxylation is 1. The van der Waals surface area contributed by atoms with Gasteiger partial charge in [0.2, 0.25) is 0 Å². The molecule has 0 aliphatic carbocycles. The molecule has 0 atom stereocenters. The molecule has 44 heavy (non-hydrogen) atoms. The standard InChI is InChI=1S/C8H11N.C8H10O.C8H10S.C8H10.4C2H6.CH4/c3*1-2-9-8-6-4-3-5-7-8;1-2-8-6-4-3-5-7-8;4*1-2;/h3-7,9H,2H2,1H3;2*3-7H,2H2,1H3;3-7H,2H2,1H3;4*1-2H3;1H4. The zero-order valence-corrected chi connectivity index (χ0v) is 30.5. The number of para-hydroxylation sites is 2. The van der Waals surface area contributed by atoms with Gasteiger partial charge < -0.3 is 10.1 Å². The summed E-state index contributed by atoms with van der Waals surface area (Å²) in [5.74, 6) is 2.10. The van der Waals surface area contributed by atoms with Crippen molar-refractivity contribution in [3.05, 3.63) is 127 Å². The molecule has 0 aromatic heterocycles. The third kappa shape index (κ3) is 35.0. The molecular weight excluding hydrogens is 555 g/mol. The summed E-state index contributed by atoms with van der Waals surface area (Å²) in [6.07, 6.45) is 1.14. The predicted octanol–water partition coefficient (Wildman–Crippen LogP) is 14.0. The van der Waals surface area contributed by atoms with E-state index in [4.69, 9.17) is 4.74 Å². The highest BCUT2D eigenvalue weighted by Crippen LogP contribution is 2.15. The van der Waals surface area contributed by atoms with Crippen LogP contribution >= 0.6 is 11.8 Å². The summed E-state index contributed by atoms with van der Waals surface area (Å²) in [6.45, 7) is 26.1. The Bertz CT molecular complexity index is 850. The minimum absolute atomic E-state index is 0. The van der Waals surface area contributed by atoms with Crippen LogP contribution in [0.25, 0.3) is 0 Å². The molecule has 0 fully saturated rings. The Kier molecular flexibility index (Phi) is 53.6. The van der Waals surface area contributed by atoms with Gasteiger partial charge in [-0.05, 0) is 68.0 Å². The lowest BCUT2D eigenvalue weighted by Crippen LogP contribution is -1.94. The van der Waals surface area contributed by atoms with Gasteiger partial charge in [0.15, 0.2) is 0 Å². The summed E-state index contributed by atoms with van der Waals surface area (Å²) < 4.78 is 5.21. The number of nitrogens with one attached hydrogen (secondary N) is 1. The summed E-state index contributed by atoms with van der Waals surface area (Å²) in [6, 6.07) is 40.9. The molecule has 0 aliphatic rings. The molecule has 0 amide bonds. The van der Waals surface area contributed by atoms with Crippen LogP contribution in [0, 0.1) is 0 Å². The molecule has 2 nitrogen and oxygen atoms in total. The molecule has 0 unspecified atom stereocenters. The van der Waals surface area contributed by atoms with E-state index >= 15 is 0 Å². The van der Waals surface area contributed by atoms with Crippen LogP contribution in [0.4, 0.5) is 5.69 Å². The molecule has 0 saturated carbocycles. The largest absolute Gasteiger partial charge is 0.494 e. The topological polar surface area (TPSA) is 21.3 Å². The van der Waals surface area contributed by atoms with Gasteiger partial charge in [-0.1, -0.05) is 162 Å². The summed E-state index contributed by atoms with van der Waals surface area (Å²) in [7, 11) is 0. The second-order valence-electron chi connectivity index (χ2n) is 7.23. The zero-order valence-electron chi connectivity index (χ0n) is 29.7. The number of anilines is 1. The Morgan fingerprint density at radius 3 is 1.25 bits per heavy atom. The number of rotatable bonds is 7. The van der Waals surface area contributed by atoms with Gasteiger partial charge in [-0.15, -0.1) is 11.8 Å². The number of hydrogen-bond acceptors (Lipinski definition) is 3. The van der Waals surface area contributed by atoms with E-state index in [1.54, 1.807) is 0 Å². The molecule has 0 aliphatic heterocycles. The molecule has 4 rings (SSSR count). The Morgan fingerprint density at radius 2 is 0.909 bits per heavy atom. The molecule has 0 radical (unpaired) electrons. The van der Waals surface area contributed by atoms with Crippen LogP contribution in [0.15, 0.2) is 126 Å². The number of benzene rings is 4. The number of hydrogen-bond donors (Lipinski definition) is 1. The van der Waals surface area contributed by atoms with Crippen LogP contribution in [0.5, 0.6) is 5.75 Å². The Hall–Kier alpha value is -3.17. The van der Waals surface area contributed by atoms with Crippen LogP contribution in [0.1, 0.15) is 96.1 Å². The molecular formula is C41H69NOS. The summed E-state index contributed by atoms with van der Waals surface area (Å²) in [4.78, 5) is 1.36. The lowest BCUT2D eigenvalue weighted by atomic mass is 10.2. The quantitative estimate of drug-likeness (QED) is 0.207. The monoisotopic (exact) mass is 624 g/mol. The zero-order chi connectivity index (χ0) is 33.4. The lowest BCUT2D eigenvalue weighted by Gasteiger charge is -1.99. The van der Waals surface area contributed by atoms with Gasteiger partial charge in [-0.3, -0.25) is 0 Å². The maximum absolute atomic E-state index is 5.21. The fourth-order valence-corrected chi connectivity index (χ4v) is 3.52. The van der Waals surface area contributed by atoms with E-state index in [1.807, 2.05) is 135 Å². The van der Waals surface area contributed by atoms with Gasteiger partial charge in [-0.2, -0.15) is 0 Å². The van der Waals surface area contributed by atoms with E-state index < -0.39 is 0 Å². The molecule has 1 N–H and O–H groups in total. The van der Waals surface area contributed by atoms with Crippen molar-refractivity contribution in [2.75, 3.05) is 24.2 Å². The van der Waals surface area contributed by atoms with Crippen molar-refractivity contribution in [2.24, 2.45) is 0 Å². The Labute approximate surface area is 280 Å². The van der Waals surface area contributed by atoms with E-state index in [9.17, 15) is 0 Å². The number of thioether (sulfide) groups is 1. The Balaban J connectivity index is -0.000000142. The van der Waals surface area contributed by atoms with Crippen LogP contribution in [0.3, 0.4) is 0 Å². The van der Waals surface area contributed by atoms with Crippen molar-refractivity contribution in [1.29, 1.82) is 0 Å². The summed E-state index contributed by atoms with van der Waals surface area (Å²) in [5.41, 5.74) is 2.60. The van der Waals surface area contributed by atoms with Crippen LogP contribution in [-0.2, 0) is 6.42 Å². The SMILES string of the molecule is C.CC.CC.CC.CC.CCNc1ccccc1.CCOc1ccccc1.CCSc1ccccc1.CCc1ccccc1. The van der Waals surface area contributed by atoms with E-state index in [0.717, 1.165) is 31.1 Å². The van der Waals surface area contributed by atoms with Crippen LogP contribution < -0.4 is 10.1 Å². The molecule has 0 heterocycles. The van der Waals surface area contributed by atoms with E-state index in [0.29, 0.717) is 0 Å². The molecule has 0 bridgehead atoms. The average molecular weight is 624 g/mol. The van der Waals surface area contributed by atoms with Crippen molar-refractivity contribution < 1.29 is 4.74 Å². The molecule has 0 spiro atoms. The average Bonchev–Trinajstić information content (AvgIpc) is 3.11. The van der Waals surface area contributed by atoms with E-state index in [2.05, 4.69) is 86.8 Å². The molecule has 0 saturated heterocycles. The highest BCUT2D eigenvalue weighted by atomic mass is 32.2. The molecule has 250 valence electrons. The summed E-state index contributed by atoms with van der Waals surface area (Å²) in [5, 5.41) is 3.21. The number of ether oxygens (including phenoxy) is 1. The van der Waals surface area contributed by atoms with Crippen LogP contribution in [0.2, 0.25) is 0 Å². The normalized spacial score (nSPS) is 7.82. The minimum Gasteiger partial charge on any atom is -0.494 e. The van der Waals surface area contributed by atoms with E-state index in [1.165, 1.54) is 16.1 Å². The van der Waals surface area contributed by atoms with Crippen molar-refractivity contribution >= 4 is 17.4 Å². The van der Waals surface area contributed by atoms with Gasteiger partial charge >= 0.3 is 0 Å². The minimum atomic E-state index is 0. The molecule has 4 aromatic rings. The predicted molar refractivity (Wildman–Crippen MR) is 209 cm³/mol. The highest BCUT2D eigenvalue weighted by Gasteiger charge is 1.85. The lowest BCUT2D eigenvalue weighted by molar-refractivity contribution is 0.340. The van der Waals surface area contributed by atoms with Crippen molar-refractivity contribution in [3.8, 4) is 5.75 Å². The van der Waals surface area contributed by atoms with Crippen molar-refractivity contribution in [3.63, 3.8) is 0 Å². The van der Waals surface area contributed by atoms with Gasteiger partial charge in [0, 0.05) is 17.1 Å². The third-order valence-electron chi connectivity index (χ3n) is 4.51. The van der Waals surface area contributed by atoms with Crippen LogP contribution in [-0.4, -0.2) is 18.9 Å². The highest BCUT2D eigenvalue weighted by molar-refractivity contribution is 7.99. The maximum atomic E-state index is 5.21. The first kappa shape index (κ1) is 50.5. The first-order chi connectivity index (χ1) is 21.2. The fourth-order valence-electron chi connectivity index (χ4n) is 2.84. The van der Waals surface area contributed by atoms with Gasteiger partial charge in [-0.25, -0.2) is 0 Å². The Morgan fingerprint density at radius 1 is 0.523 bits per heavy atom. The smallest absolute Gasteiger partial charge is 0.119 e. The first-order valence-corrected chi connectivity index (χ1v) is 17.4. The first-order valence-electron chi connectivity index (χ1n) is 16.4. The molecule has 3 heteroatoms. The second kappa shape index (κ2) is 46.8. The van der Waals surface area contributed by atoms with E-state index in [-0.39, 0.29) is 7.43 Å². The maximum Gasteiger partial charge on any atom is 0.119 e.